The Balaban J connectivity index is 1.51. The molecule has 4 aliphatic rings. The average molecular weight is 407 g/mol. The molecule has 5 nitrogen and oxygen atoms in total. The van der Waals surface area contributed by atoms with E-state index in [9.17, 15) is 9.90 Å². The molecule has 0 aromatic rings. The van der Waals surface area contributed by atoms with E-state index >= 15 is 0 Å². The Morgan fingerprint density at radius 2 is 1.93 bits per heavy atom. The number of aliphatic carboxylic acids is 1. The predicted octanol–water partition coefficient (Wildman–Crippen LogP) is 5.14. The Bertz CT molecular complexity index is 689. The number of hydrogen-bond acceptors (Lipinski definition) is 4. The van der Waals surface area contributed by atoms with Gasteiger partial charge in [0.15, 0.2) is 0 Å². The van der Waals surface area contributed by atoms with Crippen molar-refractivity contribution in [1.82, 2.24) is 0 Å². The first kappa shape index (κ1) is 21.3. The van der Waals surface area contributed by atoms with Gasteiger partial charge in [-0.05, 0) is 89.4 Å². The standard InChI is InChI=1S/C24H38O5/c1-14-7-8-17-16(11-14)13-24(6)19(22(17,3)4)12-20(27-24)23(5)10-9-18(28-29-23)15(2)21(25)26/h11,15-20H,7-10,12-13H2,1-6H3,(H,25,26)/t15?,16-,17-,18+,19?,20+,23-,24+/m0/s1. The summed E-state index contributed by atoms with van der Waals surface area (Å²) >= 11 is 0. The SMILES string of the molecule is CC1=C[C@H]2C[C@@]3(C)O[C@@H]([C@]4(C)CC[C@H](C(C)C(=O)O)OO4)CC3C(C)(C)[C@H]2CC1. The maximum absolute atomic E-state index is 11.3. The number of carbonyl (C=O) groups is 1. The van der Waals surface area contributed by atoms with Crippen LogP contribution in [-0.4, -0.2) is 34.5 Å². The van der Waals surface area contributed by atoms with Crippen LogP contribution < -0.4 is 0 Å². The van der Waals surface area contributed by atoms with Gasteiger partial charge in [-0.15, -0.1) is 0 Å². The van der Waals surface area contributed by atoms with Gasteiger partial charge in [-0.1, -0.05) is 25.5 Å². The van der Waals surface area contributed by atoms with Crippen LogP contribution in [0.5, 0.6) is 0 Å². The van der Waals surface area contributed by atoms with Gasteiger partial charge in [0.05, 0.1) is 17.6 Å². The van der Waals surface area contributed by atoms with E-state index in [0.29, 0.717) is 24.2 Å². The van der Waals surface area contributed by atoms with Gasteiger partial charge in [0.1, 0.15) is 11.7 Å². The molecular weight excluding hydrogens is 368 g/mol. The summed E-state index contributed by atoms with van der Waals surface area (Å²) in [5.41, 5.74) is 1.06. The van der Waals surface area contributed by atoms with E-state index in [1.165, 1.54) is 18.4 Å². The van der Waals surface area contributed by atoms with Crippen molar-refractivity contribution in [3.8, 4) is 0 Å². The molecule has 0 bridgehead atoms. The second kappa shape index (κ2) is 7.06. The van der Waals surface area contributed by atoms with E-state index in [1.54, 1.807) is 6.92 Å². The van der Waals surface area contributed by atoms with Crippen molar-refractivity contribution in [3.63, 3.8) is 0 Å². The number of ether oxygens (including phenoxy) is 1. The van der Waals surface area contributed by atoms with Gasteiger partial charge < -0.3 is 9.84 Å². The minimum absolute atomic E-state index is 0.0249. The van der Waals surface area contributed by atoms with Crippen molar-refractivity contribution in [1.29, 1.82) is 0 Å². The van der Waals surface area contributed by atoms with Gasteiger partial charge in [-0.2, -0.15) is 0 Å². The first-order valence-corrected chi connectivity index (χ1v) is 11.4. The van der Waals surface area contributed by atoms with Crippen LogP contribution in [0.4, 0.5) is 0 Å². The Morgan fingerprint density at radius 1 is 1.21 bits per heavy atom. The lowest BCUT2D eigenvalue weighted by molar-refractivity contribution is -0.425. The quantitative estimate of drug-likeness (QED) is 0.519. The molecule has 0 radical (unpaired) electrons. The van der Waals surface area contributed by atoms with Gasteiger partial charge in [-0.25, -0.2) is 9.78 Å². The molecule has 29 heavy (non-hydrogen) atoms. The minimum Gasteiger partial charge on any atom is -0.481 e. The molecule has 1 saturated carbocycles. The Hall–Kier alpha value is -0.910. The third kappa shape index (κ3) is 3.47. The van der Waals surface area contributed by atoms with Crippen LogP contribution in [0.25, 0.3) is 0 Å². The molecule has 4 rings (SSSR count). The van der Waals surface area contributed by atoms with Crippen LogP contribution in [0.15, 0.2) is 11.6 Å². The number of hydrogen-bond donors (Lipinski definition) is 1. The Morgan fingerprint density at radius 3 is 2.55 bits per heavy atom. The number of carboxylic acids is 1. The first-order chi connectivity index (χ1) is 13.5. The van der Waals surface area contributed by atoms with Gasteiger partial charge in [0.2, 0.25) is 0 Å². The lowest BCUT2D eigenvalue weighted by Crippen LogP contribution is -2.53. The highest BCUT2D eigenvalue weighted by atomic mass is 17.2. The molecule has 1 N–H and O–H groups in total. The monoisotopic (exact) mass is 406 g/mol. The van der Waals surface area contributed by atoms with Gasteiger partial charge in [-0.3, -0.25) is 4.79 Å². The van der Waals surface area contributed by atoms with Crippen molar-refractivity contribution in [2.45, 2.75) is 103 Å². The number of fused-ring (bicyclic) bond motifs is 2. The van der Waals surface area contributed by atoms with Crippen LogP contribution in [0.3, 0.4) is 0 Å². The molecule has 0 amide bonds. The molecule has 0 aromatic heterocycles. The zero-order valence-electron chi connectivity index (χ0n) is 18.9. The van der Waals surface area contributed by atoms with Crippen molar-refractivity contribution in [2.24, 2.45) is 29.1 Å². The highest BCUT2D eigenvalue weighted by Crippen LogP contribution is 2.62. The van der Waals surface area contributed by atoms with E-state index in [1.807, 2.05) is 0 Å². The lowest BCUT2D eigenvalue weighted by atomic mass is 9.51. The van der Waals surface area contributed by atoms with Crippen molar-refractivity contribution in [2.75, 3.05) is 0 Å². The summed E-state index contributed by atoms with van der Waals surface area (Å²) in [6.45, 7) is 13.2. The maximum Gasteiger partial charge on any atom is 0.308 e. The van der Waals surface area contributed by atoms with Gasteiger partial charge in [0.25, 0.3) is 0 Å². The van der Waals surface area contributed by atoms with Gasteiger partial charge in [0, 0.05) is 0 Å². The van der Waals surface area contributed by atoms with Crippen LogP contribution in [-0.2, 0) is 19.3 Å². The third-order valence-electron chi connectivity index (χ3n) is 8.87. The van der Waals surface area contributed by atoms with Crippen molar-refractivity contribution < 1.29 is 24.4 Å². The zero-order chi connectivity index (χ0) is 21.2. The highest BCUT2D eigenvalue weighted by molar-refractivity contribution is 5.70. The van der Waals surface area contributed by atoms with Crippen molar-refractivity contribution in [3.05, 3.63) is 11.6 Å². The van der Waals surface area contributed by atoms with E-state index in [0.717, 1.165) is 19.3 Å². The van der Waals surface area contributed by atoms with E-state index in [-0.39, 0.29) is 17.1 Å². The summed E-state index contributed by atoms with van der Waals surface area (Å²) in [7, 11) is 0. The smallest absolute Gasteiger partial charge is 0.308 e. The average Bonchev–Trinajstić information content (AvgIpc) is 3.00. The molecule has 2 aliphatic carbocycles. The number of carboxylic acid groups (broad SMARTS) is 1. The number of allylic oxidation sites excluding steroid dienone is 2. The molecule has 5 heteroatoms. The summed E-state index contributed by atoms with van der Waals surface area (Å²) in [5.74, 6) is 0.385. The van der Waals surface area contributed by atoms with Crippen molar-refractivity contribution >= 4 is 5.97 Å². The third-order valence-corrected chi connectivity index (χ3v) is 8.87. The normalized spacial score (nSPS) is 47.7. The molecule has 164 valence electrons. The van der Waals surface area contributed by atoms with Gasteiger partial charge >= 0.3 is 5.97 Å². The van der Waals surface area contributed by atoms with Crippen LogP contribution in [0, 0.1) is 29.1 Å². The summed E-state index contributed by atoms with van der Waals surface area (Å²) < 4.78 is 6.81. The molecule has 2 heterocycles. The fourth-order valence-corrected chi connectivity index (χ4v) is 6.98. The predicted molar refractivity (Wildman–Crippen MR) is 110 cm³/mol. The summed E-state index contributed by atoms with van der Waals surface area (Å²) in [6, 6.07) is 0. The molecule has 2 saturated heterocycles. The van der Waals surface area contributed by atoms with E-state index in [4.69, 9.17) is 14.5 Å². The fraction of sp³-hybridized carbons (Fsp3) is 0.875. The first-order valence-electron chi connectivity index (χ1n) is 11.4. The Kier molecular flexibility index (Phi) is 5.20. The van der Waals surface area contributed by atoms with Crippen LogP contribution in [0.1, 0.15) is 80.1 Å². The van der Waals surface area contributed by atoms with Crippen LogP contribution >= 0.6 is 0 Å². The molecule has 3 fully saturated rings. The largest absolute Gasteiger partial charge is 0.481 e. The van der Waals surface area contributed by atoms with Crippen LogP contribution in [0.2, 0.25) is 0 Å². The summed E-state index contributed by atoms with van der Waals surface area (Å²) in [4.78, 5) is 22.8. The summed E-state index contributed by atoms with van der Waals surface area (Å²) in [6.07, 6.45) is 8.09. The molecular formula is C24H38O5. The lowest BCUT2D eigenvalue weighted by Gasteiger charge is -2.55. The van der Waals surface area contributed by atoms with E-state index < -0.39 is 23.6 Å². The zero-order valence-corrected chi connectivity index (χ0v) is 18.9. The molecule has 2 aliphatic heterocycles. The summed E-state index contributed by atoms with van der Waals surface area (Å²) in [5, 5.41) is 9.26. The number of rotatable bonds is 3. The fourth-order valence-electron chi connectivity index (χ4n) is 6.98. The Labute approximate surface area is 175 Å². The topological polar surface area (TPSA) is 65.0 Å². The maximum atomic E-state index is 11.3. The highest BCUT2D eigenvalue weighted by Gasteiger charge is 2.62. The minimum atomic E-state index is -0.842. The molecule has 0 spiro atoms. The molecule has 0 aromatic carbocycles. The molecule has 2 unspecified atom stereocenters. The molecule has 8 atom stereocenters. The second-order valence-corrected chi connectivity index (χ2v) is 11.3. The van der Waals surface area contributed by atoms with E-state index in [2.05, 4.69) is 40.7 Å². The second-order valence-electron chi connectivity index (χ2n) is 11.3.